The summed E-state index contributed by atoms with van der Waals surface area (Å²) in [5.74, 6) is -1.74. The molecule has 0 saturated carbocycles. The molecule has 0 fully saturated rings. The fourth-order valence-corrected chi connectivity index (χ4v) is 1.39. The topological polar surface area (TPSA) is 92.7 Å². The van der Waals surface area contributed by atoms with Crippen LogP contribution in [0.3, 0.4) is 0 Å². The van der Waals surface area contributed by atoms with Crippen molar-refractivity contribution >= 4 is 17.8 Å². The number of carboxylic acid groups (broad SMARTS) is 1. The van der Waals surface area contributed by atoms with Crippen molar-refractivity contribution in [1.29, 1.82) is 0 Å². The molecule has 0 aliphatic rings. The summed E-state index contributed by atoms with van der Waals surface area (Å²) in [5.41, 5.74) is 1.25. The van der Waals surface area contributed by atoms with E-state index in [-0.39, 0.29) is 18.7 Å². The number of aliphatic carboxylic acids is 1. The molecular formula is C13H15NO5. The molecule has 0 aliphatic carbocycles. The van der Waals surface area contributed by atoms with Crippen molar-refractivity contribution in [2.24, 2.45) is 0 Å². The van der Waals surface area contributed by atoms with Crippen LogP contribution in [0.4, 0.5) is 0 Å². The van der Waals surface area contributed by atoms with Gasteiger partial charge in [0.25, 0.3) is 0 Å². The van der Waals surface area contributed by atoms with E-state index in [0.29, 0.717) is 12.1 Å². The van der Waals surface area contributed by atoms with Gasteiger partial charge in [-0.1, -0.05) is 12.1 Å². The fourth-order valence-electron chi connectivity index (χ4n) is 1.39. The minimum atomic E-state index is -1.00. The number of benzene rings is 1. The zero-order valence-electron chi connectivity index (χ0n) is 10.5. The normalized spacial score (nSPS) is 9.74. The molecule has 1 amide bonds. The Kier molecular flexibility index (Phi) is 5.53. The second-order valence-corrected chi connectivity index (χ2v) is 3.86. The molecule has 2 N–H and O–H groups in total. The van der Waals surface area contributed by atoms with Gasteiger partial charge in [-0.2, -0.15) is 0 Å². The Morgan fingerprint density at radius 2 is 1.79 bits per heavy atom. The Morgan fingerprint density at radius 1 is 1.16 bits per heavy atom. The molecule has 1 rings (SSSR count). The van der Waals surface area contributed by atoms with Gasteiger partial charge in [0, 0.05) is 13.0 Å². The van der Waals surface area contributed by atoms with E-state index >= 15 is 0 Å². The predicted molar refractivity (Wildman–Crippen MR) is 66.5 cm³/mol. The average molecular weight is 265 g/mol. The lowest BCUT2D eigenvalue weighted by Gasteiger charge is -2.05. The summed E-state index contributed by atoms with van der Waals surface area (Å²) < 4.78 is 4.56. The van der Waals surface area contributed by atoms with Gasteiger partial charge in [0.05, 0.1) is 19.1 Å². The molecule has 6 nitrogen and oxygen atoms in total. The zero-order chi connectivity index (χ0) is 14.3. The summed E-state index contributed by atoms with van der Waals surface area (Å²) in [7, 11) is 1.30. The minimum Gasteiger partial charge on any atom is -0.481 e. The second kappa shape index (κ2) is 7.15. The van der Waals surface area contributed by atoms with E-state index in [4.69, 9.17) is 5.11 Å². The Morgan fingerprint density at radius 3 is 2.32 bits per heavy atom. The molecule has 0 aromatic heterocycles. The number of hydrogen-bond donors (Lipinski definition) is 2. The molecule has 6 heteroatoms. The maximum absolute atomic E-state index is 11.3. The number of carboxylic acids is 1. The molecule has 19 heavy (non-hydrogen) atoms. The fraction of sp³-hybridized carbons (Fsp3) is 0.308. The van der Waals surface area contributed by atoms with Crippen LogP contribution in [-0.4, -0.2) is 30.1 Å². The SMILES string of the molecule is COC(=O)c1ccc(CNC(=O)CCC(=O)O)cc1. The smallest absolute Gasteiger partial charge is 0.337 e. The largest absolute Gasteiger partial charge is 0.481 e. The van der Waals surface area contributed by atoms with E-state index in [1.54, 1.807) is 24.3 Å². The molecule has 1 aromatic rings. The van der Waals surface area contributed by atoms with Gasteiger partial charge < -0.3 is 15.2 Å². The minimum absolute atomic E-state index is 0.0461. The van der Waals surface area contributed by atoms with Gasteiger partial charge in [-0.3, -0.25) is 9.59 Å². The highest BCUT2D eigenvalue weighted by molar-refractivity contribution is 5.89. The van der Waals surface area contributed by atoms with Crippen LogP contribution >= 0.6 is 0 Å². The average Bonchev–Trinajstić information content (AvgIpc) is 2.42. The molecule has 1 aromatic carbocycles. The summed E-state index contributed by atoms with van der Waals surface area (Å²) in [4.78, 5) is 32.8. The second-order valence-electron chi connectivity index (χ2n) is 3.86. The Bertz CT molecular complexity index is 466. The Labute approximate surface area is 110 Å². The van der Waals surface area contributed by atoms with Crippen LogP contribution in [0.2, 0.25) is 0 Å². The van der Waals surface area contributed by atoms with Crippen molar-refractivity contribution in [1.82, 2.24) is 5.32 Å². The van der Waals surface area contributed by atoms with E-state index in [0.717, 1.165) is 5.56 Å². The van der Waals surface area contributed by atoms with E-state index < -0.39 is 11.9 Å². The number of rotatable bonds is 6. The highest BCUT2D eigenvalue weighted by atomic mass is 16.5. The van der Waals surface area contributed by atoms with E-state index in [9.17, 15) is 14.4 Å². The Balaban J connectivity index is 2.43. The van der Waals surface area contributed by atoms with Crippen molar-refractivity contribution in [3.63, 3.8) is 0 Å². The first-order valence-electron chi connectivity index (χ1n) is 5.68. The molecule has 0 radical (unpaired) electrons. The number of nitrogens with one attached hydrogen (secondary N) is 1. The van der Waals surface area contributed by atoms with E-state index in [2.05, 4.69) is 10.1 Å². The monoisotopic (exact) mass is 265 g/mol. The van der Waals surface area contributed by atoms with Gasteiger partial charge in [-0.05, 0) is 17.7 Å². The maximum atomic E-state index is 11.3. The molecule has 0 saturated heterocycles. The molecular weight excluding hydrogens is 250 g/mol. The van der Waals surface area contributed by atoms with Gasteiger partial charge in [-0.15, -0.1) is 0 Å². The molecule has 0 atom stereocenters. The molecule has 0 bridgehead atoms. The van der Waals surface area contributed by atoms with Gasteiger partial charge in [-0.25, -0.2) is 4.79 Å². The lowest BCUT2D eigenvalue weighted by atomic mass is 10.1. The zero-order valence-corrected chi connectivity index (χ0v) is 10.5. The van der Waals surface area contributed by atoms with Crippen molar-refractivity contribution in [2.45, 2.75) is 19.4 Å². The Hall–Kier alpha value is -2.37. The molecule has 102 valence electrons. The van der Waals surface area contributed by atoms with Crippen molar-refractivity contribution < 1.29 is 24.2 Å². The van der Waals surface area contributed by atoms with E-state index in [1.165, 1.54) is 7.11 Å². The van der Waals surface area contributed by atoms with Crippen molar-refractivity contribution in [3.8, 4) is 0 Å². The third-order valence-corrected chi connectivity index (χ3v) is 2.43. The number of hydrogen-bond acceptors (Lipinski definition) is 4. The summed E-state index contributed by atoms with van der Waals surface area (Å²) in [6, 6.07) is 6.60. The number of ether oxygens (including phenoxy) is 1. The van der Waals surface area contributed by atoms with Crippen LogP contribution in [-0.2, 0) is 20.9 Å². The maximum Gasteiger partial charge on any atom is 0.337 e. The van der Waals surface area contributed by atoms with Crippen LogP contribution in [0.15, 0.2) is 24.3 Å². The van der Waals surface area contributed by atoms with Crippen LogP contribution in [0.1, 0.15) is 28.8 Å². The van der Waals surface area contributed by atoms with E-state index in [1.807, 2.05) is 0 Å². The first kappa shape index (κ1) is 14.7. The van der Waals surface area contributed by atoms with Crippen LogP contribution in [0.25, 0.3) is 0 Å². The highest BCUT2D eigenvalue weighted by Crippen LogP contribution is 2.05. The quantitative estimate of drug-likeness (QED) is 0.747. The van der Waals surface area contributed by atoms with Crippen LogP contribution in [0.5, 0.6) is 0 Å². The van der Waals surface area contributed by atoms with Gasteiger partial charge in [0.1, 0.15) is 0 Å². The number of carbonyl (C=O) groups excluding carboxylic acids is 2. The standard InChI is InChI=1S/C13H15NO5/c1-19-13(18)10-4-2-9(3-5-10)8-14-11(15)6-7-12(16)17/h2-5H,6-8H2,1H3,(H,14,15)(H,16,17). The van der Waals surface area contributed by atoms with Crippen molar-refractivity contribution in [3.05, 3.63) is 35.4 Å². The highest BCUT2D eigenvalue weighted by Gasteiger charge is 2.06. The summed E-state index contributed by atoms with van der Waals surface area (Å²) in [5, 5.41) is 11.0. The van der Waals surface area contributed by atoms with Gasteiger partial charge >= 0.3 is 11.9 Å². The first-order chi connectivity index (χ1) is 9.02. The third-order valence-electron chi connectivity index (χ3n) is 2.43. The molecule has 0 spiro atoms. The lowest BCUT2D eigenvalue weighted by Crippen LogP contribution is -2.23. The molecule has 0 unspecified atom stereocenters. The number of carbonyl (C=O) groups is 3. The predicted octanol–water partition coefficient (Wildman–Crippen LogP) is 0.954. The number of esters is 1. The van der Waals surface area contributed by atoms with Gasteiger partial charge in [0.15, 0.2) is 0 Å². The summed E-state index contributed by atoms with van der Waals surface area (Å²) >= 11 is 0. The van der Waals surface area contributed by atoms with Crippen molar-refractivity contribution in [2.75, 3.05) is 7.11 Å². The number of methoxy groups -OCH3 is 1. The molecule has 0 heterocycles. The van der Waals surface area contributed by atoms with Gasteiger partial charge in [0.2, 0.25) is 5.91 Å². The third kappa shape index (κ3) is 5.20. The first-order valence-corrected chi connectivity index (χ1v) is 5.68. The number of amides is 1. The van der Waals surface area contributed by atoms with Crippen LogP contribution < -0.4 is 5.32 Å². The summed E-state index contributed by atoms with van der Waals surface area (Å²) in [6.07, 6.45) is -0.233. The summed E-state index contributed by atoms with van der Waals surface area (Å²) in [6.45, 7) is 0.292. The molecule has 0 aliphatic heterocycles. The lowest BCUT2D eigenvalue weighted by molar-refractivity contribution is -0.138. The van der Waals surface area contributed by atoms with Crippen LogP contribution in [0, 0.1) is 0 Å².